The summed E-state index contributed by atoms with van der Waals surface area (Å²) in [5.74, 6) is -0.902. The molecule has 2 heterocycles. The van der Waals surface area contributed by atoms with Gasteiger partial charge >= 0.3 is 5.97 Å². The largest absolute Gasteiger partial charge is 0.478 e. The van der Waals surface area contributed by atoms with Crippen molar-refractivity contribution in [3.8, 4) is 0 Å². The number of carboxylic acid groups (broad SMARTS) is 1. The van der Waals surface area contributed by atoms with Crippen LogP contribution in [0.5, 0.6) is 0 Å². The number of aromatic nitrogens is 2. The van der Waals surface area contributed by atoms with E-state index in [-0.39, 0.29) is 17.5 Å². The molecule has 1 fully saturated rings. The zero-order valence-electron chi connectivity index (χ0n) is 13.9. The molecule has 0 saturated carbocycles. The lowest BCUT2D eigenvalue weighted by atomic mass is 10.0. The normalized spacial score (nSPS) is 15.5. The standard InChI is InChI=1S/C18H21N3O3/c1-12-3-4-16(13(2)9-12)17(22)20-7-5-15(6-8-20)21-11-14(10-19-21)18(23)24/h3-4,9-11,15H,5-8H2,1-2H3,(H,23,24). The molecule has 0 spiro atoms. The molecule has 24 heavy (non-hydrogen) atoms. The van der Waals surface area contributed by atoms with Crippen molar-refractivity contribution in [2.75, 3.05) is 13.1 Å². The van der Waals surface area contributed by atoms with Gasteiger partial charge in [-0.2, -0.15) is 5.10 Å². The minimum Gasteiger partial charge on any atom is -0.478 e. The molecule has 1 amide bonds. The molecule has 1 aliphatic heterocycles. The van der Waals surface area contributed by atoms with Gasteiger partial charge in [0.1, 0.15) is 0 Å². The smallest absolute Gasteiger partial charge is 0.338 e. The molecule has 6 heteroatoms. The fourth-order valence-electron chi connectivity index (χ4n) is 3.21. The first kappa shape index (κ1) is 16.2. The number of rotatable bonds is 3. The summed E-state index contributed by atoms with van der Waals surface area (Å²) < 4.78 is 1.71. The van der Waals surface area contributed by atoms with Crippen molar-refractivity contribution in [3.05, 3.63) is 52.8 Å². The molecule has 0 aliphatic carbocycles. The molecule has 1 aromatic carbocycles. The van der Waals surface area contributed by atoms with Gasteiger partial charge in [-0.05, 0) is 38.3 Å². The molecule has 1 aromatic heterocycles. The fraction of sp³-hybridized carbons (Fsp3) is 0.389. The summed E-state index contributed by atoms with van der Waals surface area (Å²) in [6.45, 7) is 5.28. The Bertz CT molecular complexity index is 774. The van der Waals surface area contributed by atoms with Crippen LogP contribution in [-0.4, -0.2) is 44.8 Å². The van der Waals surface area contributed by atoms with Crippen LogP contribution < -0.4 is 0 Å². The molecule has 1 aliphatic rings. The van der Waals surface area contributed by atoms with Crippen LogP contribution >= 0.6 is 0 Å². The van der Waals surface area contributed by atoms with Crippen LogP contribution in [0.1, 0.15) is 50.7 Å². The van der Waals surface area contributed by atoms with Crippen molar-refractivity contribution in [1.82, 2.24) is 14.7 Å². The SMILES string of the molecule is Cc1ccc(C(=O)N2CCC(n3cc(C(=O)O)cn3)CC2)c(C)c1. The lowest BCUT2D eigenvalue weighted by Gasteiger charge is -2.32. The maximum absolute atomic E-state index is 12.7. The number of aromatic carboxylic acids is 1. The first-order valence-corrected chi connectivity index (χ1v) is 8.09. The van der Waals surface area contributed by atoms with E-state index in [9.17, 15) is 9.59 Å². The Hall–Kier alpha value is -2.63. The van der Waals surface area contributed by atoms with E-state index in [4.69, 9.17) is 5.11 Å². The monoisotopic (exact) mass is 327 g/mol. The number of piperidine rings is 1. The van der Waals surface area contributed by atoms with Crippen LogP contribution in [0.15, 0.2) is 30.6 Å². The van der Waals surface area contributed by atoms with Gasteiger partial charge in [-0.1, -0.05) is 17.7 Å². The van der Waals surface area contributed by atoms with E-state index in [0.29, 0.717) is 13.1 Å². The minimum atomic E-state index is -0.969. The van der Waals surface area contributed by atoms with Gasteiger partial charge in [0.15, 0.2) is 0 Å². The molecule has 126 valence electrons. The molecule has 2 aromatic rings. The van der Waals surface area contributed by atoms with E-state index in [1.165, 1.54) is 6.20 Å². The van der Waals surface area contributed by atoms with Crippen LogP contribution in [0.25, 0.3) is 0 Å². The molecule has 1 saturated heterocycles. The zero-order chi connectivity index (χ0) is 17.3. The number of aryl methyl sites for hydroxylation is 2. The van der Waals surface area contributed by atoms with Crippen LogP contribution in [0, 0.1) is 13.8 Å². The number of likely N-dealkylation sites (tertiary alicyclic amines) is 1. The Morgan fingerprint density at radius 1 is 1.21 bits per heavy atom. The third-order valence-corrected chi connectivity index (χ3v) is 4.59. The maximum atomic E-state index is 12.7. The Balaban J connectivity index is 1.65. The van der Waals surface area contributed by atoms with Gasteiger partial charge < -0.3 is 10.0 Å². The molecule has 0 unspecified atom stereocenters. The number of carboxylic acids is 1. The lowest BCUT2D eigenvalue weighted by Crippen LogP contribution is -2.39. The van der Waals surface area contributed by atoms with E-state index in [2.05, 4.69) is 5.10 Å². The van der Waals surface area contributed by atoms with Crippen molar-refractivity contribution < 1.29 is 14.7 Å². The van der Waals surface area contributed by atoms with Crippen LogP contribution in [0.3, 0.4) is 0 Å². The van der Waals surface area contributed by atoms with Crippen LogP contribution in [0.2, 0.25) is 0 Å². The molecule has 1 N–H and O–H groups in total. The third kappa shape index (κ3) is 3.18. The first-order valence-electron chi connectivity index (χ1n) is 8.09. The molecular weight excluding hydrogens is 306 g/mol. The lowest BCUT2D eigenvalue weighted by molar-refractivity contribution is 0.0687. The van der Waals surface area contributed by atoms with Crippen molar-refractivity contribution in [1.29, 1.82) is 0 Å². The van der Waals surface area contributed by atoms with Gasteiger partial charge in [0.2, 0.25) is 0 Å². The number of carbonyl (C=O) groups is 2. The van der Waals surface area contributed by atoms with Crippen molar-refractivity contribution in [2.45, 2.75) is 32.7 Å². The number of nitrogens with zero attached hydrogens (tertiary/aromatic N) is 3. The average Bonchev–Trinajstić information content (AvgIpc) is 3.05. The molecule has 3 rings (SSSR count). The number of hydrogen-bond donors (Lipinski definition) is 1. The van der Waals surface area contributed by atoms with E-state index >= 15 is 0 Å². The number of benzene rings is 1. The maximum Gasteiger partial charge on any atom is 0.338 e. The Morgan fingerprint density at radius 2 is 1.92 bits per heavy atom. The highest BCUT2D eigenvalue weighted by molar-refractivity contribution is 5.95. The minimum absolute atomic E-state index is 0.0673. The van der Waals surface area contributed by atoms with E-state index in [0.717, 1.165) is 29.5 Å². The fourth-order valence-corrected chi connectivity index (χ4v) is 3.21. The van der Waals surface area contributed by atoms with Gasteiger partial charge in [0.05, 0.1) is 17.8 Å². The molecule has 6 nitrogen and oxygen atoms in total. The highest BCUT2D eigenvalue weighted by atomic mass is 16.4. The molecule has 0 atom stereocenters. The zero-order valence-corrected chi connectivity index (χ0v) is 13.9. The number of carbonyl (C=O) groups excluding carboxylic acids is 1. The third-order valence-electron chi connectivity index (χ3n) is 4.59. The van der Waals surface area contributed by atoms with E-state index in [1.54, 1.807) is 10.9 Å². The Kier molecular flexibility index (Phi) is 4.38. The quantitative estimate of drug-likeness (QED) is 0.940. The summed E-state index contributed by atoms with van der Waals surface area (Å²) >= 11 is 0. The van der Waals surface area contributed by atoms with Crippen molar-refractivity contribution in [2.24, 2.45) is 0 Å². The summed E-state index contributed by atoms with van der Waals surface area (Å²) in [5, 5.41) is 13.1. The van der Waals surface area contributed by atoms with Crippen LogP contribution in [0.4, 0.5) is 0 Å². The van der Waals surface area contributed by atoms with Gasteiger partial charge in [-0.3, -0.25) is 9.48 Å². The summed E-state index contributed by atoms with van der Waals surface area (Å²) in [6.07, 6.45) is 4.49. The molecule has 0 radical (unpaired) electrons. The highest BCUT2D eigenvalue weighted by Crippen LogP contribution is 2.24. The second-order valence-corrected chi connectivity index (χ2v) is 6.36. The second-order valence-electron chi connectivity index (χ2n) is 6.36. The van der Waals surface area contributed by atoms with Gasteiger partial charge in [-0.15, -0.1) is 0 Å². The van der Waals surface area contributed by atoms with Gasteiger partial charge in [0.25, 0.3) is 5.91 Å². The average molecular weight is 327 g/mol. The summed E-state index contributed by atoms with van der Waals surface area (Å²) in [5.41, 5.74) is 3.10. The van der Waals surface area contributed by atoms with Crippen molar-refractivity contribution in [3.63, 3.8) is 0 Å². The first-order chi connectivity index (χ1) is 11.5. The second kappa shape index (κ2) is 6.47. The molecule has 0 bridgehead atoms. The predicted molar refractivity (Wildman–Crippen MR) is 89.3 cm³/mol. The summed E-state index contributed by atoms with van der Waals surface area (Å²) in [6, 6.07) is 6.02. The Morgan fingerprint density at radius 3 is 2.50 bits per heavy atom. The van der Waals surface area contributed by atoms with E-state index < -0.39 is 5.97 Å². The summed E-state index contributed by atoms with van der Waals surface area (Å²) in [4.78, 5) is 25.5. The van der Waals surface area contributed by atoms with E-state index in [1.807, 2.05) is 36.9 Å². The summed E-state index contributed by atoms with van der Waals surface area (Å²) in [7, 11) is 0. The predicted octanol–water partition coefficient (Wildman–Crippen LogP) is 2.68. The van der Waals surface area contributed by atoms with Gasteiger partial charge in [-0.25, -0.2) is 4.79 Å². The molecular formula is C18H21N3O3. The highest BCUT2D eigenvalue weighted by Gasteiger charge is 2.26. The Labute approximate surface area is 140 Å². The van der Waals surface area contributed by atoms with Crippen LogP contribution in [-0.2, 0) is 0 Å². The number of amides is 1. The number of hydrogen-bond acceptors (Lipinski definition) is 3. The van der Waals surface area contributed by atoms with Crippen molar-refractivity contribution >= 4 is 11.9 Å². The van der Waals surface area contributed by atoms with Gasteiger partial charge in [0, 0.05) is 24.8 Å². The topological polar surface area (TPSA) is 75.4 Å².